The number of hydroxylamine groups is 2. The van der Waals surface area contributed by atoms with Gasteiger partial charge in [0.25, 0.3) is 5.91 Å². The largest absolute Gasteiger partial charge is 0.379 e. The Morgan fingerprint density at radius 2 is 1.44 bits per heavy atom. The zero-order valence-corrected chi connectivity index (χ0v) is 44.3. The average molecular weight is 988 g/mol. The lowest BCUT2D eigenvalue weighted by Crippen LogP contribution is -2.60. The van der Waals surface area contributed by atoms with E-state index in [1.165, 1.54) is 5.06 Å². The second kappa shape index (κ2) is 29.2. The minimum absolute atomic E-state index is 0.00531. The van der Waals surface area contributed by atoms with E-state index in [0.29, 0.717) is 85.3 Å². The van der Waals surface area contributed by atoms with E-state index < -0.39 is 47.7 Å². The number of rotatable bonds is 31. The highest BCUT2D eigenvalue weighted by molar-refractivity contribution is 6.00. The van der Waals surface area contributed by atoms with Crippen LogP contribution in [0.2, 0.25) is 0 Å². The molecule has 1 aliphatic carbocycles. The van der Waals surface area contributed by atoms with Crippen LogP contribution in [-0.4, -0.2) is 192 Å². The highest BCUT2D eigenvalue weighted by Gasteiger charge is 2.64. The van der Waals surface area contributed by atoms with Crippen LogP contribution in [0, 0.1) is 23.7 Å². The standard InChI is InChI=1S/C52H89N7O11/c1-12-37(6)46(57(9)45(36(4)5)50(63)54-49(62)44(35(2)3)56(8)25-28-68-30-32-69-31-29-67-27-22-53)42(65-10)33-43(60)58-23-18-21-41(58)47(66-11)38(7)48(61)55-52(51(64)59-24-16-17-26-70-59)34-40(52)39-19-14-13-15-20-39/h13-15,19-20,35-38,40-42,44-47H,12,16-18,21-34,53H2,1-11H3,(H,55,61)(H,54,62,63)/t37-,38+,40+,41-,42+,44-,45-,46-,47+,52-/m0/s1. The quantitative estimate of drug-likeness (QED) is 0.0911. The molecular weight excluding hydrogens is 899 g/mol. The number of carbonyl (C=O) groups excluding carboxylic acids is 5. The summed E-state index contributed by atoms with van der Waals surface area (Å²) in [5, 5.41) is 7.35. The predicted molar refractivity (Wildman–Crippen MR) is 267 cm³/mol. The topological polar surface area (TPSA) is 204 Å². The van der Waals surface area contributed by atoms with E-state index in [-0.39, 0.29) is 59.8 Å². The maximum atomic E-state index is 14.6. The van der Waals surface area contributed by atoms with Crippen molar-refractivity contribution in [3.8, 4) is 0 Å². The fourth-order valence-corrected chi connectivity index (χ4v) is 10.7. The molecule has 3 aliphatic rings. The Morgan fingerprint density at radius 1 is 0.814 bits per heavy atom. The molecule has 3 fully saturated rings. The first-order chi connectivity index (χ1) is 33.5. The second-order valence-corrected chi connectivity index (χ2v) is 20.2. The van der Waals surface area contributed by atoms with Crippen LogP contribution < -0.4 is 16.4 Å². The molecule has 0 bridgehead atoms. The first kappa shape index (κ1) is 59.0. The predicted octanol–water partition coefficient (Wildman–Crippen LogP) is 3.61. The number of likely N-dealkylation sites (tertiary alicyclic amines) is 1. The van der Waals surface area contributed by atoms with Crippen LogP contribution in [0.15, 0.2) is 30.3 Å². The summed E-state index contributed by atoms with van der Waals surface area (Å²) in [5.41, 5.74) is 5.26. The lowest BCUT2D eigenvalue weighted by molar-refractivity contribution is -0.200. The number of nitrogens with zero attached hydrogens (tertiary/aromatic N) is 4. The molecule has 2 heterocycles. The normalized spacial score (nSPS) is 22.5. The van der Waals surface area contributed by atoms with E-state index in [9.17, 15) is 24.0 Å². The molecule has 4 N–H and O–H groups in total. The van der Waals surface area contributed by atoms with Crippen LogP contribution in [-0.2, 0) is 52.5 Å². The number of imide groups is 1. The van der Waals surface area contributed by atoms with Crippen LogP contribution in [0.5, 0.6) is 0 Å². The molecular formula is C52H89N7O11. The van der Waals surface area contributed by atoms with Gasteiger partial charge < -0.3 is 39.6 Å². The number of ether oxygens (including phenoxy) is 5. The van der Waals surface area contributed by atoms with Crippen molar-refractivity contribution in [3.05, 3.63) is 35.9 Å². The van der Waals surface area contributed by atoms with Crippen molar-refractivity contribution in [1.82, 2.24) is 30.4 Å². The van der Waals surface area contributed by atoms with Gasteiger partial charge in [-0.05, 0) is 69.5 Å². The van der Waals surface area contributed by atoms with Crippen molar-refractivity contribution in [2.75, 3.05) is 101 Å². The van der Waals surface area contributed by atoms with Crippen LogP contribution in [0.3, 0.4) is 0 Å². The zero-order chi connectivity index (χ0) is 51.5. The molecule has 70 heavy (non-hydrogen) atoms. The van der Waals surface area contributed by atoms with Gasteiger partial charge in [-0.3, -0.25) is 43.9 Å². The molecule has 1 aromatic rings. The number of benzene rings is 1. The first-order valence-electron chi connectivity index (χ1n) is 25.9. The Bertz CT molecular complexity index is 1770. The molecule has 18 nitrogen and oxygen atoms in total. The maximum Gasteiger partial charge on any atom is 0.272 e. The van der Waals surface area contributed by atoms with Crippen molar-refractivity contribution in [2.45, 2.75) is 141 Å². The van der Waals surface area contributed by atoms with Crippen LogP contribution in [0.25, 0.3) is 0 Å². The van der Waals surface area contributed by atoms with Crippen LogP contribution in [0.4, 0.5) is 0 Å². The van der Waals surface area contributed by atoms with Crippen molar-refractivity contribution < 1.29 is 52.5 Å². The van der Waals surface area contributed by atoms with E-state index in [4.69, 9.17) is 34.3 Å². The number of nitrogens with two attached hydrogens (primary N) is 1. The van der Waals surface area contributed by atoms with Gasteiger partial charge in [0, 0.05) is 52.4 Å². The van der Waals surface area contributed by atoms with Crippen LogP contribution in [0.1, 0.15) is 105 Å². The molecule has 0 unspecified atom stereocenters. The summed E-state index contributed by atoms with van der Waals surface area (Å²) in [5.74, 6) is -2.72. The molecule has 0 aromatic heterocycles. The fraction of sp³-hybridized carbons (Fsp3) is 0.788. The van der Waals surface area contributed by atoms with Crippen molar-refractivity contribution >= 4 is 29.5 Å². The van der Waals surface area contributed by atoms with Gasteiger partial charge in [-0.25, -0.2) is 5.06 Å². The molecule has 398 valence electrons. The van der Waals surface area contributed by atoms with Gasteiger partial charge in [0.2, 0.25) is 23.6 Å². The summed E-state index contributed by atoms with van der Waals surface area (Å²) in [6.45, 7) is 18.7. The number of nitrogens with one attached hydrogen (secondary N) is 2. The molecule has 2 aliphatic heterocycles. The summed E-state index contributed by atoms with van der Waals surface area (Å²) >= 11 is 0. The lowest BCUT2D eigenvalue weighted by Gasteiger charge is -2.43. The van der Waals surface area contributed by atoms with E-state index in [1.54, 1.807) is 21.1 Å². The van der Waals surface area contributed by atoms with Gasteiger partial charge in [-0.1, -0.05) is 85.2 Å². The third-order valence-corrected chi connectivity index (χ3v) is 14.6. The Labute approximate surface area is 418 Å². The second-order valence-electron chi connectivity index (χ2n) is 20.2. The highest BCUT2D eigenvalue weighted by Crippen LogP contribution is 2.53. The summed E-state index contributed by atoms with van der Waals surface area (Å²) in [4.78, 5) is 82.8. The molecule has 4 rings (SSSR count). The molecule has 2 saturated heterocycles. The minimum Gasteiger partial charge on any atom is -0.379 e. The zero-order valence-electron chi connectivity index (χ0n) is 44.3. The summed E-state index contributed by atoms with van der Waals surface area (Å²) in [6.07, 6.45) is 3.02. The number of hydrogen-bond donors (Lipinski definition) is 3. The fourth-order valence-electron chi connectivity index (χ4n) is 10.7. The number of amides is 5. The first-order valence-corrected chi connectivity index (χ1v) is 25.9. The SMILES string of the molecule is CC[C@H](C)[C@@H]([C@@H](CC(=O)N1CCC[C@H]1[C@H](OC)[C@@H](C)C(=O)N[C@@]1(C(=O)N2CCCCO2)C[C@@H]1c1ccccc1)OC)N(C)[C@H](C(=O)NC(=O)[C@H](C(C)C)N(C)CCOCCOCCOCCN)C(C)C. The van der Waals surface area contributed by atoms with Gasteiger partial charge >= 0.3 is 0 Å². The van der Waals surface area contributed by atoms with Gasteiger partial charge in [-0.15, -0.1) is 0 Å². The monoisotopic (exact) mass is 988 g/mol. The Balaban J connectivity index is 1.43. The van der Waals surface area contributed by atoms with Crippen molar-refractivity contribution in [2.24, 2.45) is 29.4 Å². The van der Waals surface area contributed by atoms with Gasteiger partial charge in [0.05, 0.1) is 88.9 Å². The molecule has 1 saturated carbocycles. The Morgan fingerprint density at radius 3 is 2.01 bits per heavy atom. The van der Waals surface area contributed by atoms with Gasteiger partial charge in [-0.2, -0.15) is 0 Å². The van der Waals surface area contributed by atoms with E-state index in [1.807, 2.05) is 86.8 Å². The summed E-state index contributed by atoms with van der Waals surface area (Å²) in [6, 6.07) is 7.66. The van der Waals surface area contributed by atoms with Gasteiger partial charge in [0.1, 0.15) is 5.54 Å². The van der Waals surface area contributed by atoms with Crippen molar-refractivity contribution in [3.63, 3.8) is 0 Å². The highest BCUT2D eigenvalue weighted by atomic mass is 16.7. The smallest absolute Gasteiger partial charge is 0.272 e. The molecule has 18 heteroatoms. The Hall–Kier alpha value is -3.59. The molecule has 10 atom stereocenters. The third kappa shape index (κ3) is 15.7. The van der Waals surface area contributed by atoms with E-state index >= 15 is 0 Å². The molecule has 5 amide bonds. The number of methoxy groups -OCH3 is 2. The van der Waals surface area contributed by atoms with E-state index in [2.05, 4.69) is 24.5 Å². The number of hydrogen-bond acceptors (Lipinski definition) is 14. The van der Waals surface area contributed by atoms with E-state index in [0.717, 1.165) is 31.2 Å². The lowest BCUT2D eigenvalue weighted by atomic mass is 9.87. The number of likely N-dealkylation sites (N-methyl/N-ethyl adjacent to an activating group) is 2. The molecule has 0 spiro atoms. The van der Waals surface area contributed by atoms with Crippen LogP contribution >= 0.6 is 0 Å². The molecule has 1 aromatic carbocycles. The summed E-state index contributed by atoms with van der Waals surface area (Å²) in [7, 11) is 6.88. The summed E-state index contributed by atoms with van der Waals surface area (Å²) < 4.78 is 28.9. The number of carbonyl (C=O) groups is 5. The Kier molecular flexibility index (Phi) is 24.6. The van der Waals surface area contributed by atoms with Crippen molar-refractivity contribution in [1.29, 1.82) is 0 Å². The molecule has 0 radical (unpaired) electrons. The minimum atomic E-state index is -1.15. The third-order valence-electron chi connectivity index (χ3n) is 14.6. The average Bonchev–Trinajstić information content (AvgIpc) is 3.86. The maximum absolute atomic E-state index is 14.6. The van der Waals surface area contributed by atoms with Gasteiger partial charge in [0.15, 0.2) is 0 Å².